The van der Waals surface area contributed by atoms with Crippen molar-refractivity contribution in [3.8, 4) is 0 Å². The average molecular weight is 141 g/mol. The molecule has 2 N–H and O–H groups in total. The Labute approximate surface area is 62.1 Å². The maximum atomic E-state index is 5.68. The molecule has 1 fully saturated rings. The molecule has 1 saturated heterocycles. The molecule has 1 aliphatic heterocycles. The van der Waals surface area contributed by atoms with Crippen molar-refractivity contribution in [2.24, 2.45) is 11.7 Å². The summed E-state index contributed by atoms with van der Waals surface area (Å²) in [7, 11) is 0. The summed E-state index contributed by atoms with van der Waals surface area (Å²) in [6.07, 6.45) is 4.00. The molecule has 0 saturated carbocycles. The Morgan fingerprint density at radius 3 is 3.10 bits per heavy atom. The zero-order chi connectivity index (χ0) is 7.40. The van der Waals surface area contributed by atoms with Gasteiger partial charge in [-0.3, -0.25) is 0 Å². The lowest BCUT2D eigenvalue weighted by atomic mass is 10.00. The Hall–Kier alpha value is -0.340. The smallest absolute Gasteiger partial charge is 0.0495 e. The second-order valence-electron chi connectivity index (χ2n) is 2.86. The number of rotatable bonds is 3. The Balaban J connectivity index is 2.17. The predicted octanol–water partition coefficient (Wildman–Crippen LogP) is 0.926. The molecule has 1 rings (SSSR count). The molecule has 0 bridgehead atoms. The number of hydrogen-bond acceptors (Lipinski definition) is 2. The Morgan fingerprint density at radius 1 is 1.80 bits per heavy atom. The monoisotopic (exact) mass is 141 g/mol. The van der Waals surface area contributed by atoms with Crippen molar-refractivity contribution in [2.75, 3.05) is 13.2 Å². The van der Waals surface area contributed by atoms with Crippen LogP contribution in [0.15, 0.2) is 12.7 Å². The van der Waals surface area contributed by atoms with E-state index in [0.29, 0.717) is 5.92 Å². The van der Waals surface area contributed by atoms with Gasteiger partial charge in [-0.25, -0.2) is 0 Å². The second-order valence-corrected chi connectivity index (χ2v) is 2.86. The summed E-state index contributed by atoms with van der Waals surface area (Å²) in [5, 5.41) is 0. The fraction of sp³-hybridized carbons (Fsp3) is 0.750. The van der Waals surface area contributed by atoms with Gasteiger partial charge in [-0.2, -0.15) is 0 Å². The fourth-order valence-corrected chi connectivity index (χ4v) is 1.25. The highest BCUT2D eigenvalue weighted by Crippen LogP contribution is 2.17. The third kappa shape index (κ3) is 2.12. The van der Waals surface area contributed by atoms with Crippen molar-refractivity contribution in [2.45, 2.75) is 18.9 Å². The van der Waals surface area contributed by atoms with Gasteiger partial charge in [0.25, 0.3) is 0 Å². The third-order valence-corrected chi connectivity index (χ3v) is 1.93. The van der Waals surface area contributed by atoms with Gasteiger partial charge in [0, 0.05) is 19.3 Å². The molecule has 0 aromatic carbocycles. The molecule has 58 valence electrons. The van der Waals surface area contributed by atoms with Crippen molar-refractivity contribution in [3.05, 3.63) is 12.7 Å². The van der Waals surface area contributed by atoms with Crippen LogP contribution in [0.1, 0.15) is 12.8 Å². The minimum Gasteiger partial charge on any atom is -0.381 e. The molecular formula is C8H15NO. The lowest BCUT2D eigenvalue weighted by molar-refractivity contribution is 0.183. The first-order valence-electron chi connectivity index (χ1n) is 3.79. The first-order chi connectivity index (χ1) is 4.83. The molecule has 2 unspecified atom stereocenters. The normalized spacial score (nSPS) is 28.3. The fourth-order valence-electron chi connectivity index (χ4n) is 1.25. The Kier molecular flexibility index (Phi) is 2.90. The van der Waals surface area contributed by atoms with Crippen LogP contribution in [0, 0.1) is 5.92 Å². The van der Waals surface area contributed by atoms with Gasteiger partial charge in [0.2, 0.25) is 0 Å². The van der Waals surface area contributed by atoms with Crippen molar-refractivity contribution in [1.29, 1.82) is 0 Å². The first-order valence-corrected chi connectivity index (χ1v) is 3.79. The van der Waals surface area contributed by atoms with Gasteiger partial charge in [0.15, 0.2) is 0 Å². The van der Waals surface area contributed by atoms with Crippen LogP contribution in [-0.4, -0.2) is 19.3 Å². The molecule has 2 atom stereocenters. The van der Waals surface area contributed by atoms with E-state index in [1.165, 1.54) is 6.42 Å². The molecule has 0 aromatic heterocycles. The maximum absolute atomic E-state index is 5.68. The topological polar surface area (TPSA) is 35.2 Å². The summed E-state index contributed by atoms with van der Waals surface area (Å²) in [5.41, 5.74) is 5.68. The van der Waals surface area contributed by atoms with E-state index in [1.807, 2.05) is 0 Å². The second kappa shape index (κ2) is 3.74. The molecule has 0 spiro atoms. The predicted molar refractivity (Wildman–Crippen MR) is 41.7 cm³/mol. The van der Waals surface area contributed by atoms with E-state index >= 15 is 0 Å². The van der Waals surface area contributed by atoms with Gasteiger partial charge >= 0.3 is 0 Å². The van der Waals surface area contributed by atoms with Crippen molar-refractivity contribution < 1.29 is 4.74 Å². The van der Waals surface area contributed by atoms with Crippen molar-refractivity contribution in [3.63, 3.8) is 0 Å². The van der Waals surface area contributed by atoms with Crippen LogP contribution in [0.4, 0.5) is 0 Å². The van der Waals surface area contributed by atoms with E-state index < -0.39 is 0 Å². The van der Waals surface area contributed by atoms with Crippen LogP contribution in [0.2, 0.25) is 0 Å². The van der Waals surface area contributed by atoms with E-state index in [-0.39, 0.29) is 6.04 Å². The summed E-state index contributed by atoms with van der Waals surface area (Å²) < 4.78 is 5.21. The zero-order valence-electron chi connectivity index (χ0n) is 6.25. The van der Waals surface area contributed by atoms with E-state index in [1.54, 1.807) is 6.08 Å². The summed E-state index contributed by atoms with van der Waals surface area (Å²) in [5.74, 6) is 0.674. The molecular weight excluding hydrogens is 126 g/mol. The largest absolute Gasteiger partial charge is 0.381 e. The molecule has 10 heavy (non-hydrogen) atoms. The van der Waals surface area contributed by atoms with E-state index in [9.17, 15) is 0 Å². The van der Waals surface area contributed by atoms with Gasteiger partial charge in [-0.15, -0.1) is 6.58 Å². The van der Waals surface area contributed by atoms with Crippen LogP contribution >= 0.6 is 0 Å². The molecule has 2 nitrogen and oxygen atoms in total. The average Bonchev–Trinajstić information content (AvgIpc) is 2.40. The minimum atomic E-state index is 0.159. The van der Waals surface area contributed by atoms with E-state index in [2.05, 4.69) is 6.58 Å². The SMILES string of the molecule is C=CC(N)CC1CCOC1. The molecule has 0 aromatic rings. The van der Waals surface area contributed by atoms with Gasteiger partial charge in [-0.1, -0.05) is 6.08 Å². The Morgan fingerprint density at radius 2 is 2.60 bits per heavy atom. The first kappa shape index (κ1) is 7.76. The van der Waals surface area contributed by atoms with Gasteiger partial charge in [-0.05, 0) is 18.8 Å². The van der Waals surface area contributed by atoms with Gasteiger partial charge in [0.1, 0.15) is 0 Å². The quantitative estimate of drug-likeness (QED) is 0.593. The number of hydrogen-bond donors (Lipinski definition) is 1. The molecule has 0 radical (unpaired) electrons. The van der Waals surface area contributed by atoms with Crippen LogP contribution in [0.25, 0.3) is 0 Å². The lowest BCUT2D eigenvalue weighted by Gasteiger charge is -2.10. The van der Waals surface area contributed by atoms with Gasteiger partial charge < -0.3 is 10.5 Å². The minimum absolute atomic E-state index is 0.159. The van der Waals surface area contributed by atoms with Crippen molar-refractivity contribution >= 4 is 0 Å². The molecule has 1 aliphatic rings. The molecule has 0 amide bonds. The summed E-state index contributed by atoms with van der Waals surface area (Å²) in [4.78, 5) is 0. The van der Waals surface area contributed by atoms with Crippen molar-refractivity contribution in [1.82, 2.24) is 0 Å². The van der Waals surface area contributed by atoms with Crippen LogP contribution in [0.5, 0.6) is 0 Å². The van der Waals surface area contributed by atoms with E-state index in [0.717, 1.165) is 19.6 Å². The maximum Gasteiger partial charge on any atom is 0.0495 e. The van der Waals surface area contributed by atoms with Gasteiger partial charge in [0.05, 0.1) is 0 Å². The highest BCUT2D eigenvalue weighted by atomic mass is 16.5. The lowest BCUT2D eigenvalue weighted by Crippen LogP contribution is -2.20. The number of ether oxygens (including phenoxy) is 1. The number of nitrogens with two attached hydrogens (primary N) is 1. The Bertz CT molecular complexity index is 108. The molecule has 2 heteroatoms. The zero-order valence-corrected chi connectivity index (χ0v) is 6.25. The molecule has 1 heterocycles. The summed E-state index contributed by atoms with van der Waals surface area (Å²) >= 11 is 0. The highest BCUT2D eigenvalue weighted by Gasteiger charge is 2.16. The standard InChI is InChI=1S/C8H15NO/c1-2-8(9)5-7-3-4-10-6-7/h2,7-8H,1,3-6,9H2. The third-order valence-electron chi connectivity index (χ3n) is 1.93. The highest BCUT2D eigenvalue weighted by molar-refractivity contribution is 4.84. The summed E-state index contributed by atoms with van der Waals surface area (Å²) in [6.45, 7) is 5.44. The van der Waals surface area contributed by atoms with Crippen LogP contribution < -0.4 is 5.73 Å². The van der Waals surface area contributed by atoms with E-state index in [4.69, 9.17) is 10.5 Å². The van der Waals surface area contributed by atoms with Crippen LogP contribution in [0.3, 0.4) is 0 Å². The molecule has 0 aliphatic carbocycles. The summed E-state index contributed by atoms with van der Waals surface area (Å²) in [6, 6.07) is 0.159. The van der Waals surface area contributed by atoms with Crippen LogP contribution in [-0.2, 0) is 4.74 Å².